The number of rotatable bonds is 4. The second kappa shape index (κ2) is 6.13. The number of aliphatic carboxylic acids is 1. The number of nitrogens with zero attached hydrogens (tertiary/aromatic N) is 1. The van der Waals surface area contributed by atoms with Crippen LogP contribution >= 0.6 is 0 Å². The van der Waals surface area contributed by atoms with Gasteiger partial charge in [0, 0.05) is 37.8 Å². The van der Waals surface area contributed by atoms with Crippen molar-refractivity contribution in [2.45, 2.75) is 6.42 Å². The molecule has 5 nitrogen and oxygen atoms in total. The molecule has 0 aromatic heterocycles. The fraction of sp³-hybridized carbons (Fsp3) is 0.357. The molecule has 19 heavy (non-hydrogen) atoms. The van der Waals surface area contributed by atoms with E-state index in [4.69, 9.17) is 14.6 Å². The standard InChI is InChI=1S/C14H17NO4/c1-15(7-2-4-14(16)17)11-5-6-12-13(10-11)19-9-3-8-18-12/h2,4-6,10H,3,7-9H2,1H3,(H,16,17)/b4-2+. The number of benzene rings is 1. The minimum absolute atomic E-state index is 0.520. The van der Waals surface area contributed by atoms with Crippen molar-refractivity contribution >= 4 is 11.7 Å². The summed E-state index contributed by atoms with van der Waals surface area (Å²) in [6.45, 7) is 1.84. The Kier molecular flexibility index (Phi) is 4.28. The van der Waals surface area contributed by atoms with Gasteiger partial charge in [0.1, 0.15) is 0 Å². The normalized spacial score (nSPS) is 14.2. The molecule has 0 fully saturated rings. The zero-order valence-electron chi connectivity index (χ0n) is 10.8. The van der Waals surface area contributed by atoms with Crippen molar-refractivity contribution < 1.29 is 19.4 Å². The maximum Gasteiger partial charge on any atom is 0.328 e. The van der Waals surface area contributed by atoms with Crippen LogP contribution in [0.3, 0.4) is 0 Å². The molecule has 0 aliphatic carbocycles. The Balaban J connectivity index is 2.08. The first kappa shape index (κ1) is 13.3. The first-order valence-electron chi connectivity index (χ1n) is 6.17. The number of carboxylic acids is 1. The number of carbonyl (C=O) groups is 1. The van der Waals surface area contributed by atoms with Gasteiger partial charge in [0.2, 0.25) is 0 Å². The summed E-state index contributed by atoms with van der Waals surface area (Å²) in [6, 6.07) is 5.73. The van der Waals surface area contributed by atoms with Crippen LogP contribution in [-0.4, -0.2) is 37.9 Å². The predicted molar refractivity (Wildman–Crippen MR) is 72.1 cm³/mol. The molecule has 1 aromatic rings. The number of fused-ring (bicyclic) bond motifs is 1. The average Bonchev–Trinajstić information content (AvgIpc) is 2.62. The zero-order valence-corrected chi connectivity index (χ0v) is 10.8. The summed E-state index contributed by atoms with van der Waals surface area (Å²) in [7, 11) is 1.89. The van der Waals surface area contributed by atoms with Crippen molar-refractivity contribution in [2.75, 3.05) is 31.7 Å². The Labute approximate surface area is 112 Å². The lowest BCUT2D eigenvalue weighted by Gasteiger charge is -2.18. The van der Waals surface area contributed by atoms with Gasteiger partial charge < -0.3 is 19.5 Å². The van der Waals surface area contributed by atoms with Crippen molar-refractivity contribution in [3.8, 4) is 11.5 Å². The highest BCUT2D eigenvalue weighted by molar-refractivity contribution is 5.79. The Morgan fingerprint density at radius 3 is 2.84 bits per heavy atom. The van der Waals surface area contributed by atoms with Crippen LogP contribution in [0.2, 0.25) is 0 Å². The molecule has 0 unspecified atom stereocenters. The lowest BCUT2D eigenvalue weighted by Crippen LogP contribution is -2.17. The topological polar surface area (TPSA) is 59.0 Å². The van der Waals surface area contributed by atoms with Crippen LogP contribution in [0.15, 0.2) is 30.4 Å². The van der Waals surface area contributed by atoms with Gasteiger partial charge in [-0.05, 0) is 12.1 Å². The molecule has 1 aliphatic heterocycles. The molecule has 102 valence electrons. The molecule has 1 aromatic carbocycles. The third kappa shape index (κ3) is 3.64. The smallest absolute Gasteiger partial charge is 0.328 e. The van der Waals surface area contributed by atoms with E-state index in [2.05, 4.69) is 0 Å². The van der Waals surface area contributed by atoms with Crippen LogP contribution in [-0.2, 0) is 4.79 Å². The fourth-order valence-corrected chi connectivity index (χ4v) is 1.81. The number of hydrogen-bond acceptors (Lipinski definition) is 4. The van der Waals surface area contributed by atoms with Gasteiger partial charge >= 0.3 is 5.97 Å². The first-order valence-corrected chi connectivity index (χ1v) is 6.17. The Bertz CT molecular complexity index is 484. The summed E-state index contributed by atoms with van der Waals surface area (Å²) < 4.78 is 11.2. The summed E-state index contributed by atoms with van der Waals surface area (Å²) in [5.41, 5.74) is 0.958. The Morgan fingerprint density at radius 2 is 2.11 bits per heavy atom. The van der Waals surface area contributed by atoms with E-state index >= 15 is 0 Å². The molecule has 1 heterocycles. The van der Waals surface area contributed by atoms with E-state index in [1.54, 1.807) is 6.08 Å². The molecular weight excluding hydrogens is 246 g/mol. The van der Waals surface area contributed by atoms with E-state index in [9.17, 15) is 4.79 Å². The van der Waals surface area contributed by atoms with Gasteiger partial charge in [0.05, 0.1) is 13.2 Å². The molecule has 0 amide bonds. The molecule has 1 aliphatic rings. The van der Waals surface area contributed by atoms with Crippen LogP contribution in [0, 0.1) is 0 Å². The highest BCUT2D eigenvalue weighted by Crippen LogP contribution is 2.33. The molecular formula is C14H17NO4. The predicted octanol–water partition coefficient (Wildman–Crippen LogP) is 1.92. The fourth-order valence-electron chi connectivity index (χ4n) is 1.81. The molecule has 0 saturated heterocycles. The SMILES string of the molecule is CN(C/C=C/C(=O)O)c1ccc2c(c1)OCCCO2. The number of likely N-dealkylation sites (N-methyl/N-ethyl adjacent to an activating group) is 1. The molecule has 1 N–H and O–H groups in total. The van der Waals surface area contributed by atoms with Gasteiger partial charge in [-0.2, -0.15) is 0 Å². The van der Waals surface area contributed by atoms with Crippen molar-refractivity contribution in [3.63, 3.8) is 0 Å². The Morgan fingerprint density at radius 1 is 1.37 bits per heavy atom. The van der Waals surface area contributed by atoms with Gasteiger partial charge in [-0.25, -0.2) is 4.79 Å². The van der Waals surface area contributed by atoms with Gasteiger partial charge in [0.15, 0.2) is 11.5 Å². The molecule has 2 rings (SSSR count). The monoisotopic (exact) mass is 263 g/mol. The van der Waals surface area contributed by atoms with E-state index in [0.29, 0.717) is 19.8 Å². The number of hydrogen-bond donors (Lipinski definition) is 1. The van der Waals surface area contributed by atoms with Gasteiger partial charge in [-0.15, -0.1) is 0 Å². The third-order valence-corrected chi connectivity index (χ3v) is 2.81. The minimum atomic E-state index is -0.938. The summed E-state index contributed by atoms with van der Waals surface area (Å²) >= 11 is 0. The zero-order chi connectivity index (χ0) is 13.7. The van der Waals surface area contributed by atoms with Gasteiger partial charge in [-0.1, -0.05) is 6.08 Å². The quantitative estimate of drug-likeness (QED) is 0.841. The Hall–Kier alpha value is -2.17. The van der Waals surface area contributed by atoms with Gasteiger partial charge in [0.25, 0.3) is 0 Å². The largest absolute Gasteiger partial charge is 0.490 e. The van der Waals surface area contributed by atoms with Crippen LogP contribution in [0.1, 0.15) is 6.42 Å². The van der Waals surface area contributed by atoms with E-state index < -0.39 is 5.97 Å². The number of anilines is 1. The average molecular weight is 263 g/mol. The lowest BCUT2D eigenvalue weighted by molar-refractivity contribution is -0.131. The van der Waals surface area contributed by atoms with Crippen molar-refractivity contribution in [1.29, 1.82) is 0 Å². The van der Waals surface area contributed by atoms with Gasteiger partial charge in [-0.3, -0.25) is 0 Å². The van der Waals surface area contributed by atoms with E-state index in [0.717, 1.165) is 29.7 Å². The van der Waals surface area contributed by atoms with Crippen molar-refractivity contribution in [1.82, 2.24) is 0 Å². The molecule has 0 saturated carbocycles. The summed E-state index contributed by atoms with van der Waals surface area (Å²) in [5.74, 6) is 0.562. The number of carboxylic acid groups (broad SMARTS) is 1. The highest BCUT2D eigenvalue weighted by atomic mass is 16.5. The number of ether oxygens (including phenoxy) is 2. The van der Waals surface area contributed by atoms with E-state index in [1.807, 2.05) is 30.1 Å². The maximum absolute atomic E-state index is 10.4. The van der Waals surface area contributed by atoms with Crippen molar-refractivity contribution in [3.05, 3.63) is 30.4 Å². The summed E-state index contributed by atoms with van der Waals surface area (Å²) in [4.78, 5) is 12.3. The van der Waals surface area contributed by atoms with E-state index in [1.165, 1.54) is 0 Å². The minimum Gasteiger partial charge on any atom is -0.490 e. The van der Waals surface area contributed by atoms with Crippen LogP contribution < -0.4 is 14.4 Å². The molecule has 0 spiro atoms. The molecule has 5 heteroatoms. The molecule has 0 bridgehead atoms. The maximum atomic E-state index is 10.4. The van der Waals surface area contributed by atoms with Crippen LogP contribution in [0.4, 0.5) is 5.69 Å². The van der Waals surface area contributed by atoms with Crippen LogP contribution in [0.5, 0.6) is 11.5 Å². The summed E-state index contributed by atoms with van der Waals surface area (Å²) in [6.07, 6.45) is 3.62. The second-order valence-corrected chi connectivity index (χ2v) is 4.30. The highest BCUT2D eigenvalue weighted by Gasteiger charge is 2.11. The molecule has 0 radical (unpaired) electrons. The van der Waals surface area contributed by atoms with E-state index in [-0.39, 0.29) is 0 Å². The second-order valence-electron chi connectivity index (χ2n) is 4.30. The van der Waals surface area contributed by atoms with Crippen LogP contribution in [0.25, 0.3) is 0 Å². The first-order chi connectivity index (χ1) is 9.16. The molecule has 0 atom stereocenters. The third-order valence-electron chi connectivity index (χ3n) is 2.81. The lowest BCUT2D eigenvalue weighted by atomic mass is 10.2. The summed E-state index contributed by atoms with van der Waals surface area (Å²) in [5, 5.41) is 8.54. The van der Waals surface area contributed by atoms with Crippen molar-refractivity contribution in [2.24, 2.45) is 0 Å².